The van der Waals surface area contributed by atoms with Gasteiger partial charge in [-0.1, -0.05) is 26.0 Å². The monoisotopic (exact) mass is 346 g/mol. The van der Waals surface area contributed by atoms with Crippen LogP contribution in [-0.2, 0) is 6.42 Å². The third kappa shape index (κ3) is 4.37. The fourth-order valence-corrected chi connectivity index (χ4v) is 2.90. The summed E-state index contributed by atoms with van der Waals surface area (Å²) in [6.45, 7) is 4.07. The Balaban J connectivity index is 2.12. The third-order valence-corrected chi connectivity index (χ3v) is 4.74. The van der Waals surface area contributed by atoms with Crippen LogP contribution < -0.4 is 9.47 Å². The van der Waals surface area contributed by atoms with E-state index in [4.69, 9.17) is 9.47 Å². The lowest BCUT2D eigenvalue weighted by Gasteiger charge is -2.26. The van der Waals surface area contributed by atoms with E-state index in [-0.39, 0.29) is 23.3 Å². The summed E-state index contributed by atoms with van der Waals surface area (Å²) in [6, 6.07) is 10.2. The van der Waals surface area contributed by atoms with Crippen LogP contribution in [0.15, 0.2) is 36.4 Å². The zero-order chi connectivity index (χ0) is 18.6. The van der Waals surface area contributed by atoms with Crippen molar-refractivity contribution < 1.29 is 24.8 Å². The van der Waals surface area contributed by atoms with Crippen LogP contribution in [0.25, 0.3) is 0 Å². The topological polar surface area (TPSA) is 79.2 Å². The van der Waals surface area contributed by atoms with E-state index in [1.54, 1.807) is 18.2 Å². The highest BCUT2D eigenvalue weighted by molar-refractivity contribution is 5.43. The fourth-order valence-electron chi connectivity index (χ4n) is 2.90. The average molecular weight is 346 g/mol. The standard InChI is InChI=1S/C20H26O5/c1-12(9-14-5-7-16(21)18(10-14)24-3)13(2)20(23)15-6-8-17(22)19(11-15)25-4/h5-8,10-13,20-23H,9H2,1-4H3/t12-,13-,20-/m0/s1. The molecule has 0 aliphatic carbocycles. The van der Waals surface area contributed by atoms with E-state index in [9.17, 15) is 15.3 Å². The lowest BCUT2D eigenvalue weighted by Crippen LogP contribution is -2.19. The predicted molar refractivity (Wildman–Crippen MR) is 96.3 cm³/mol. The van der Waals surface area contributed by atoms with Gasteiger partial charge in [-0.3, -0.25) is 0 Å². The Labute approximate surface area is 148 Å². The molecule has 5 nitrogen and oxygen atoms in total. The Morgan fingerprint density at radius 3 is 2.04 bits per heavy atom. The van der Waals surface area contributed by atoms with Gasteiger partial charge in [-0.25, -0.2) is 0 Å². The number of hydrogen-bond donors (Lipinski definition) is 3. The number of aromatic hydroxyl groups is 2. The first-order valence-electron chi connectivity index (χ1n) is 8.28. The molecule has 2 rings (SSSR count). The molecule has 5 heteroatoms. The van der Waals surface area contributed by atoms with Crippen LogP contribution >= 0.6 is 0 Å². The minimum Gasteiger partial charge on any atom is -0.504 e. The van der Waals surface area contributed by atoms with Crippen molar-refractivity contribution in [2.75, 3.05) is 14.2 Å². The fraction of sp³-hybridized carbons (Fsp3) is 0.400. The first-order chi connectivity index (χ1) is 11.9. The van der Waals surface area contributed by atoms with Crippen LogP contribution in [0, 0.1) is 11.8 Å². The second-order valence-corrected chi connectivity index (χ2v) is 6.42. The van der Waals surface area contributed by atoms with Crippen LogP contribution in [0.4, 0.5) is 0 Å². The van der Waals surface area contributed by atoms with E-state index in [2.05, 4.69) is 6.92 Å². The molecule has 136 valence electrons. The maximum atomic E-state index is 10.7. The molecule has 3 N–H and O–H groups in total. The molecule has 0 amide bonds. The van der Waals surface area contributed by atoms with Gasteiger partial charge >= 0.3 is 0 Å². The van der Waals surface area contributed by atoms with E-state index < -0.39 is 6.10 Å². The van der Waals surface area contributed by atoms with Gasteiger partial charge in [0.2, 0.25) is 0 Å². The molecule has 0 heterocycles. The van der Waals surface area contributed by atoms with E-state index in [1.807, 2.05) is 19.1 Å². The Bertz CT molecular complexity index is 713. The highest BCUT2D eigenvalue weighted by atomic mass is 16.5. The SMILES string of the molecule is COc1cc(C[C@H](C)[C@H](C)[C@H](O)c2ccc(O)c(OC)c2)ccc1O. The summed E-state index contributed by atoms with van der Waals surface area (Å²) in [7, 11) is 3.00. The van der Waals surface area contributed by atoms with Crippen molar-refractivity contribution in [1.29, 1.82) is 0 Å². The van der Waals surface area contributed by atoms with Gasteiger partial charge in [-0.15, -0.1) is 0 Å². The number of benzene rings is 2. The number of aliphatic hydroxyl groups excluding tert-OH is 1. The third-order valence-electron chi connectivity index (χ3n) is 4.74. The summed E-state index contributed by atoms with van der Waals surface area (Å²) < 4.78 is 10.3. The lowest BCUT2D eigenvalue weighted by molar-refractivity contribution is 0.0869. The summed E-state index contributed by atoms with van der Waals surface area (Å²) in [5.74, 6) is 1.12. The van der Waals surface area contributed by atoms with E-state index in [0.29, 0.717) is 17.1 Å². The molecular weight excluding hydrogens is 320 g/mol. The van der Waals surface area contributed by atoms with E-state index in [1.165, 1.54) is 20.3 Å². The average Bonchev–Trinajstić information content (AvgIpc) is 2.62. The zero-order valence-electron chi connectivity index (χ0n) is 15.1. The number of phenolic OH excluding ortho intramolecular Hbond substituents is 2. The molecule has 0 bridgehead atoms. The Hall–Kier alpha value is -2.40. The van der Waals surface area contributed by atoms with Crippen molar-refractivity contribution in [3.63, 3.8) is 0 Å². The van der Waals surface area contributed by atoms with Crippen molar-refractivity contribution in [1.82, 2.24) is 0 Å². The van der Waals surface area contributed by atoms with E-state index in [0.717, 1.165) is 12.0 Å². The molecule has 25 heavy (non-hydrogen) atoms. The van der Waals surface area contributed by atoms with Crippen molar-refractivity contribution in [3.05, 3.63) is 47.5 Å². The first-order valence-corrected chi connectivity index (χ1v) is 8.28. The molecule has 0 spiro atoms. The Kier molecular flexibility index (Phi) is 6.15. The number of aliphatic hydroxyl groups is 1. The maximum absolute atomic E-state index is 10.7. The molecule has 2 aromatic rings. The minimum atomic E-state index is -0.677. The number of methoxy groups -OCH3 is 2. The highest BCUT2D eigenvalue weighted by Crippen LogP contribution is 2.35. The molecule has 0 radical (unpaired) electrons. The van der Waals surface area contributed by atoms with Gasteiger partial charge in [0.25, 0.3) is 0 Å². The largest absolute Gasteiger partial charge is 0.504 e. The van der Waals surface area contributed by atoms with Crippen molar-refractivity contribution in [2.24, 2.45) is 11.8 Å². The molecule has 0 saturated carbocycles. The summed E-state index contributed by atoms with van der Waals surface area (Å²) in [5.41, 5.74) is 1.74. The number of rotatable bonds is 7. The van der Waals surface area contributed by atoms with Gasteiger partial charge in [-0.05, 0) is 53.6 Å². The summed E-state index contributed by atoms with van der Waals surface area (Å²) in [6.07, 6.45) is 0.0629. The smallest absolute Gasteiger partial charge is 0.160 e. The molecule has 2 aromatic carbocycles. The van der Waals surface area contributed by atoms with Crippen LogP contribution in [0.1, 0.15) is 31.1 Å². The number of hydrogen-bond acceptors (Lipinski definition) is 5. The summed E-state index contributed by atoms with van der Waals surface area (Å²) in [4.78, 5) is 0. The molecular formula is C20H26O5. The van der Waals surface area contributed by atoms with E-state index >= 15 is 0 Å². The van der Waals surface area contributed by atoms with Crippen LogP contribution in [0.5, 0.6) is 23.0 Å². The van der Waals surface area contributed by atoms with Crippen molar-refractivity contribution in [2.45, 2.75) is 26.4 Å². The number of phenols is 2. The molecule has 0 aliphatic heterocycles. The minimum absolute atomic E-state index is 0.0194. The Morgan fingerprint density at radius 1 is 0.880 bits per heavy atom. The van der Waals surface area contributed by atoms with Gasteiger partial charge in [0.15, 0.2) is 23.0 Å². The molecule has 0 aliphatic rings. The van der Waals surface area contributed by atoms with Gasteiger partial charge in [0.05, 0.1) is 20.3 Å². The van der Waals surface area contributed by atoms with Crippen LogP contribution in [0.2, 0.25) is 0 Å². The van der Waals surface area contributed by atoms with Gasteiger partial charge in [-0.2, -0.15) is 0 Å². The van der Waals surface area contributed by atoms with Gasteiger partial charge in [0, 0.05) is 0 Å². The summed E-state index contributed by atoms with van der Waals surface area (Å²) >= 11 is 0. The quantitative estimate of drug-likeness (QED) is 0.713. The molecule has 0 aromatic heterocycles. The second-order valence-electron chi connectivity index (χ2n) is 6.42. The van der Waals surface area contributed by atoms with Crippen molar-refractivity contribution in [3.8, 4) is 23.0 Å². The van der Waals surface area contributed by atoms with Crippen LogP contribution in [-0.4, -0.2) is 29.5 Å². The molecule has 3 atom stereocenters. The first kappa shape index (κ1) is 18.9. The summed E-state index contributed by atoms with van der Waals surface area (Å²) in [5, 5.41) is 30.1. The predicted octanol–water partition coefficient (Wildman–Crippen LogP) is 3.66. The van der Waals surface area contributed by atoms with Crippen molar-refractivity contribution >= 4 is 0 Å². The highest BCUT2D eigenvalue weighted by Gasteiger charge is 2.23. The molecule has 0 fully saturated rings. The lowest BCUT2D eigenvalue weighted by atomic mass is 9.83. The van der Waals surface area contributed by atoms with Gasteiger partial charge < -0.3 is 24.8 Å². The molecule has 0 saturated heterocycles. The zero-order valence-corrected chi connectivity index (χ0v) is 15.1. The Morgan fingerprint density at radius 2 is 1.44 bits per heavy atom. The van der Waals surface area contributed by atoms with Crippen LogP contribution in [0.3, 0.4) is 0 Å². The second kappa shape index (κ2) is 8.12. The maximum Gasteiger partial charge on any atom is 0.160 e. The number of ether oxygens (including phenoxy) is 2. The van der Waals surface area contributed by atoms with Gasteiger partial charge in [0.1, 0.15) is 0 Å². The normalized spacial score (nSPS) is 14.6. The molecule has 0 unspecified atom stereocenters.